The summed E-state index contributed by atoms with van der Waals surface area (Å²) in [4.78, 5) is 53.6. The van der Waals surface area contributed by atoms with E-state index in [-0.39, 0.29) is 41.5 Å². The molecule has 3 N–H and O–H groups in total. The van der Waals surface area contributed by atoms with Crippen molar-refractivity contribution in [2.75, 3.05) is 13.2 Å². The molecular formula is C21H21FN8O8P2S2. The van der Waals surface area contributed by atoms with Gasteiger partial charge in [-0.1, -0.05) is 0 Å². The Morgan fingerprint density at radius 3 is 2.79 bits per heavy atom. The van der Waals surface area contributed by atoms with Crippen LogP contribution in [0.5, 0.6) is 0 Å². The zero-order valence-electron chi connectivity index (χ0n) is 21.4. The Morgan fingerprint density at radius 2 is 2.00 bits per heavy atom. The summed E-state index contributed by atoms with van der Waals surface area (Å²) in [7, 11) is 0. The number of nitrogens with zero attached hydrogens (tertiary/aromatic N) is 7. The number of ether oxygens (including phenoxy) is 1. The van der Waals surface area contributed by atoms with E-state index in [9.17, 15) is 19.8 Å². The van der Waals surface area contributed by atoms with E-state index in [1.54, 1.807) is 11.5 Å². The molecule has 1 saturated heterocycles. The highest BCUT2D eigenvalue weighted by Crippen LogP contribution is 2.52. The predicted octanol–water partition coefficient (Wildman–Crippen LogP) is 1.36. The van der Waals surface area contributed by atoms with Crippen LogP contribution in [0, 0.1) is 18.3 Å². The first-order chi connectivity index (χ1) is 19.9. The third kappa shape index (κ3) is 5.68. The van der Waals surface area contributed by atoms with E-state index in [4.69, 9.17) is 46.4 Å². The summed E-state index contributed by atoms with van der Waals surface area (Å²) >= 11 is 10.3. The first kappa shape index (κ1) is 29.5. The van der Waals surface area contributed by atoms with Crippen LogP contribution in [0.1, 0.15) is 23.4 Å². The molecule has 42 heavy (non-hydrogen) atoms. The second-order valence-corrected chi connectivity index (χ2v) is 14.9. The number of halogens is 1. The van der Waals surface area contributed by atoms with Crippen LogP contribution in [0.2, 0.25) is 0 Å². The zero-order valence-corrected chi connectivity index (χ0v) is 24.9. The van der Waals surface area contributed by atoms with Gasteiger partial charge in [-0.2, -0.15) is 5.26 Å². The van der Waals surface area contributed by atoms with Crippen molar-refractivity contribution in [1.82, 2.24) is 34.1 Å². The lowest BCUT2D eigenvalue weighted by atomic mass is 10.1. The number of nitrogens with one attached hydrogen (secondary N) is 1. The Bertz CT molecular complexity index is 1900. The van der Waals surface area contributed by atoms with Gasteiger partial charge in [0.15, 0.2) is 29.2 Å². The third-order valence-electron chi connectivity index (χ3n) is 6.47. The van der Waals surface area contributed by atoms with E-state index in [1.165, 1.54) is 23.2 Å². The van der Waals surface area contributed by atoms with Crippen molar-refractivity contribution in [2.24, 2.45) is 0 Å². The molecule has 16 nitrogen and oxygen atoms in total. The molecule has 6 atom stereocenters. The molecule has 2 aliphatic heterocycles. The Balaban J connectivity index is 1.38. The standard InChI is InChI=1S/C21H21FN8O8P2S2/c1-10-26-19-16(20(31)27-10)25-9-30(19)21-17-15(22)13(37-21)7-35-39(32,41)34-3-2-29-14(8-36-40(33,42)38-17)28-12-4-11(5-23)6-24-18(12)29/h4,6,9,13,15,17,21H,2-3,7-8H2,1H3,(H,32,41)(H,33,42)(H,26,27,31)/t13-,15+,17-,21-,39?,40?/m1/s1. The van der Waals surface area contributed by atoms with Crippen LogP contribution in [-0.4, -0.2) is 75.4 Å². The monoisotopic (exact) mass is 658 g/mol. The van der Waals surface area contributed by atoms with Crippen molar-refractivity contribution in [2.45, 2.75) is 44.7 Å². The van der Waals surface area contributed by atoms with E-state index >= 15 is 4.39 Å². The molecule has 6 heterocycles. The van der Waals surface area contributed by atoms with Crippen LogP contribution in [0.15, 0.2) is 23.4 Å². The minimum absolute atomic E-state index is 0.0359. The molecule has 4 aromatic rings. The highest BCUT2D eigenvalue weighted by Gasteiger charge is 2.50. The number of nitriles is 1. The largest absolute Gasteiger partial charge is 0.346 e. The minimum Gasteiger partial charge on any atom is -0.346 e. The molecule has 1 fully saturated rings. The number of rotatable bonds is 1. The molecule has 0 radical (unpaired) electrons. The minimum atomic E-state index is -4.19. The van der Waals surface area contributed by atoms with Gasteiger partial charge in [0.05, 0.1) is 25.1 Å². The number of hydrogen-bond donors (Lipinski definition) is 3. The second-order valence-electron chi connectivity index (χ2n) is 9.25. The van der Waals surface area contributed by atoms with Crippen molar-refractivity contribution in [1.29, 1.82) is 5.26 Å². The number of pyridine rings is 1. The summed E-state index contributed by atoms with van der Waals surface area (Å²) < 4.78 is 46.7. The third-order valence-corrected chi connectivity index (χ3v) is 9.62. The van der Waals surface area contributed by atoms with Gasteiger partial charge in [0.1, 0.15) is 42.0 Å². The van der Waals surface area contributed by atoms with Crippen molar-refractivity contribution >= 4 is 59.4 Å². The lowest BCUT2D eigenvalue weighted by Crippen LogP contribution is -2.32. The number of fused-ring (bicyclic) bond motifs is 6. The lowest BCUT2D eigenvalue weighted by Gasteiger charge is -2.25. The Hall–Kier alpha value is -2.59. The number of aryl methyl sites for hydroxylation is 1. The average Bonchev–Trinajstić information content (AvgIpc) is 3.59. The molecule has 4 aromatic heterocycles. The molecule has 2 aliphatic rings. The van der Waals surface area contributed by atoms with Gasteiger partial charge in [0.25, 0.3) is 5.56 Å². The molecule has 6 rings (SSSR count). The summed E-state index contributed by atoms with van der Waals surface area (Å²) in [5.74, 6) is 0.488. The van der Waals surface area contributed by atoms with E-state index in [1.807, 2.05) is 6.07 Å². The van der Waals surface area contributed by atoms with Gasteiger partial charge in [-0.25, -0.2) is 24.3 Å². The smallest absolute Gasteiger partial charge is 0.325 e. The summed E-state index contributed by atoms with van der Waals surface area (Å²) in [6.07, 6.45) is -3.70. The molecule has 0 aliphatic carbocycles. The summed E-state index contributed by atoms with van der Waals surface area (Å²) in [6.45, 7) is -7.53. The topological polar surface area (TPSA) is 205 Å². The average molecular weight is 659 g/mol. The van der Waals surface area contributed by atoms with Gasteiger partial charge in [0.2, 0.25) is 0 Å². The molecule has 0 amide bonds. The molecule has 0 aromatic carbocycles. The fourth-order valence-electron chi connectivity index (χ4n) is 4.63. The van der Waals surface area contributed by atoms with Gasteiger partial charge in [-0.3, -0.25) is 13.9 Å². The number of imidazole rings is 2. The molecular weight excluding hydrogens is 637 g/mol. The van der Waals surface area contributed by atoms with Crippen molar-refractivity contribution in [3.8, 4) is 6.07 Å². The maximum atomic E-state index is 15.9. The molecule has 2 unspecified atom stereocenters. The molecule has 222 valence electrons. The van der Waals surface area contributed by atoms with Crippen molar-refractivity contribution in [3.05, 3.63) is 46.2 Å². The lowest BCUT2D eigenvalue weighted by molar-refractivity contribution is -0.0465. The van der Waals surface area contributed by atoms with Crippen LogP contribution in [0.4, 0.5) is 4.39 Å². The number of alkyl halides is 1. The van der Waals surface area contributed by atoms with Crippen LogP contribution >= 0.6 is 13.4 Å². The van der Waals surface area contributed by atoms with Gasteiger partial charge in [-0.05, 0) is 36.6 Å². The summed E-state index contributed by atoms with van der Waals surface area (Å²) in [5, 5.41) is 9.23. The highest BCUT2D eigenvalue weighted by atomic mass is 32.5. The van der Waals surface area contributed by atoms with Crippen molar-refractivity contribution in [3.63, 3.8) is 0 Å². The van der Waals surface area contributed by atoms with Crippen LogP contribution in [0.25, 0.3) is 22.3 Å². The maximum Gasteiger partial charge on any atom is 0.325 e. The second kappa shape index (κ2) is 11.2. The first-order valence-electron chi connectivity index (χ1n) is 12.2. The summed E-state index contributed by atoms with van der Waals surface area (Å²) in [5.41, 5.74) is 0.487. The Morgan fingerprint density at radius 1 is 1.19 bits per heavy atom. The predicted molar refractivity (Wildman–Crippen MR) is 149 cm³/mol. The quantitative estimate of drug-likeness (QED) is 0.247. The normalized spacial score (nSPS) is 30.9. The van der Waals surface area contributed by atoms with Gasteiger partial charge in [0, 0.05) is 12.7 Å². The van der Waals surface area contributed by atoms with Crippen LogP contribution in [-0.2, 0) is 59.6 Å². The van der Waals surface area contributed by atoms with E-state index in [2.05, 4.69) is 24.9 Å². The molecule has 0 saturated carbocycles. The number of hydrogen-bond acceptors (Lipinski definition) is 13. The van der Waals surface area contributed by atoms with Crippen LogP contribution < -0.4 is 5.56 Å². The number of aromatic nitrogens is 7. The van der Waals surface area contributed by atoms with E-state index in [0.29, 0.717) is 11.2 Å². The fourth-order valence-corrected chi connectivity index (χ4v) is 7.08. The van der Waals surface area contributed by atoms with Gasteiger partial charge >= 0.3 is 13.4 Å². The highest BCUT2D eigenvalue weighted by molar-refractivity contribution is 8.07. The Labute approximate surface area is 245 Å². The van der Waals surface area contributed by atoms with E-state index < -0.39 is 56.8 Å². The van der Waals surface area contributed by atoms with Crippen molar-refractivity contribution < 1.29 is 37.0 Å². The zero-order chi connectivity index (χ0) is 29.8. The summed E-state index contributed by atoms with van der Waals surface area (Å²) in [6, 6.07) is 3.49. The van der Waals surface area contributed by atoms with Gasteiger partial charge < -0.3 is 37.6 Å². The molecule has 21 heteroatoms. The number of aromatic amines is 1. The Kier molecular flexibility index (Phi) is 7.83. The SMILES string of the molecule is Cc1nc2c(ncn2[C@@H]2O[C@@H]3COP(O)(=S)OCCn4c(nc5cc(C#N)cnc54)COP(O)(=S)O[C@@H]2[C@H]3F)c(=O)[nH]1. The van der Waals surface area contributed by atoms with E-state index in [0.717, 1.165) is 0 Å². The maximum absolute atomic E-state index is 15.9. The fraction of sp³-hybridized carbons (Fsp3) is 0.429. The first-order valence-corrected chi connectivity index (χ1v) is 17.4. The van der Waals surface area contributed by atoms with Gasteiger partial charge in [-0.15, -0.1) is 0 Å². The molecule has 0 spiro atoms. The number of H-pyrrole nitrogens is 1. The van der Waals surface area contributed by atoms with Crippen LogP contribution in [0.3, 0.4) is 0 Å². The molecule has 2 bridgehead atoms.